The second-order valence-electron chi connectivity index (χ2n) is 6.48. The van der Waals surface area contributed by atoms with Crippen molar-refractivity contribution in [3.8, 4) is 11.5 Å². The van der Waals surface area contributed by atoms with Crippen molar-refractivity contribution >= 4 is 49.8 Å². The summed E-state index contributed by atoms with van der Waals surface area (Å²) in [6, 6.07) is 17.1. The van der Waals surface area contributed by atoms with Crippen LogP contribution in [0.1, 0.15) is 23.0 Å². The molecule has 3 aromatic carbocycles. The van der Waals surface area contributed by atoms with Crippen molar-refractivity contribution in [2.75, 3.05) is 13.7 Å². The first-order chi connectivity index (χ1) is 14.6. The van der Waals surface area contributed by atoms with Crippen molar-refractivity contribution in [1.82, 2.24) is 5.43 Å². The molecule has 0 atom stereocenters. The molecule has 0 radical (unpaired) electrons. The average Bonchev–Trinajstić information content (AvgIpc) is 3.19. The predicted molar refractivity (Wildman–Crippen MR) is 121 cm³/mol. The highest BCUT2D eigenvalue weighted by Crippen LogP contribution is 2.36. The smallest absolute Gasteiger partial charge is 0.307 e. The van der Waals surface area contributed by atoms with Gasteiger partial charge in [0.2, 0.25) is 0 Å². The maximum Gasteiger partial charge on any atom is 0.307 e. The van der Waals surface area contributed by atoms with Crippen LogP contribution in [0.25, 0.3) is 21.7 Å². The average molecular weight is 467 g/mol. The fourth-order valence-electron chi connectivity index (χ4n) is 3.25. The molecule has 0 saturated heterocycles. The van der Waals surface area contributed by atoms with E-state index < -0.39 is 5.91 Å². The second-order valence-corrected chi connectivity index (χ2v) is 7.33. The van der Waals surface area contributed by atoms with Crippen LogP contribution in [0.2, 0.25) is 0 Å². The highest BCUT2D eigenvalue weighted by atomic mass is 79.9. The van der Waals surface area contributed by atoms with Crippen molar-refractivity contribution in [2.45, 2.75) is 6.92 Å². The Morgan fingerprint density at radius 1 is 1.17 bits per heavy atom. The van der Waals surface area contributed by atoms with Gasteiger partial charge < -0.3 is 13.9 Å². The standard InChI is InChI=1S/C23H19BrN2O4/c1-3-29-20-11-14(10-18(24)22(20)28-2)13-25-26-23(27)21-12-17-16-7-5-4-6-15(16)8-9-19(17)30-21/h4-13H,3H2,1-2H3,(H,26,27)/b25-13-. The maximum atomic E-state index is 12.5. The fraction of sp³-hybridized carbons (Fsp3) is 0.130. The third kappa shape index (κ3) is 3.89. The minimum atomic E-state index is -0.427. The number of ether oxygens (including phenoxy) is 2. The van der Waals surface area contributed by atoms with E-state index in [1.165, 1.54) is 6.21 Å². The first kappa shape index (κ1) is 20.0. The number of hydrazone groups is 1. The van der Waals surface area contributed by atoms with E-state index in [-0.39, 0.29) is 5.76 Å². The Bertz CT molecular complexity index is 1260. The van der Waals surface area contributed by atoms with Gasteiger partial charge in [0.25, 0.3) is 0 Å². The highest BCUT2D eigenvalue weighted by Gasteiger charge is 2.14. The van der Waals surface area contributed by atoms with Crippen molar-refractivity contribution < 1.29 is 18.7 Å². The predicted octanol–water partition coefficient (Wildman–Crippen LogP) is 5.52. The number of hydrogen-bond acceptors (Lipinski definition) is 5. The van der Waals surface area contributed by atoms with Gasteiger partial charge in [-0.1, -0.05) is 30.3 Å². The number of nitrogens with one attached hydrogen (secondary N) is 1. The Labute approximate surface area is 181 Å². The minimum absolute atomic E-state index is 0.199. The molecule has 0 aliphatic rings. The number of nitrogens with zero attached hydrogens (tertiary/aromatic N) is 1. The Hall–Kier alpha value is -3.32. The van der Waals surface area contributed by atoms with Gasteiger partial charge in [-0.25, -0.2) is 5.43 Å². The molecule has 1 amide bonds. The minimum Gasteiger partial charge on any atom is -0.492 e. The molecule has 1 N–H and O–H groups in total. The molecule has 30 heavy (non-hydrogen) atoms. The van der Waals surface area contributed by atoms with Gasteiger partial charge in [-0.15, -0.1) is 0 Å². The van der Waals surface area contributed by atoms with Gasteiger partial charge in [-0.3, -0.25) is 4.79 Å². The molecule has 0 spiro atoms. The molecule has 0 unspecified atom stereocenters. The largest absolute Gasteiger partial charge is 0.492 e. The van der Waals surface area contributed by atoms with Gasteiger partial charge in [0.05, 0.1) is 24.4 Å². The zero-order chi connectivity index (χ0) is 21.1. The van der Waals surface area contributed by atoms with E-state index in [4.69, 9.17) is 13.9 Å². The fourth-order valence-corrected chi connectivity index (χ4v) is 3.87. The van der Waals surface area contributed by atoms with Crippen LogP contribution in [0, 0.1) is 0 Å². The Morgan fingerprint density at radius 3 is 2.80 bits per heavy atom. The number of amides is 1. The molecule has 0 aliphatic heterocycles. The quantitative estimate of drug-likeness (QED) is 0.300. The van der Waals surface area contributed by atoms with Crippen molar-refractivity contribution in [3.63, 3.8) is 0 Å². The van der Waals surface area contributed by atoms with Gasteiger partial charge >= 0.3 is 5.91 Å². The molecule has 0 fully saturated rings. The number of rotatable bonds is 6. The third-order valence-corrected chi connectivity index (χ3v) is 5.15. The summed E-state index contributed by atoms with van der Waals surface area (Å²) < 4.78 is 17.4. The van der Waals surface area contributed by atoms with E-state index >= 15 is 0 Å². The lowest BCUT2D eigenvalue weighted by molar-refractivity contribution is 0.0929. The van der Waals surface area contributed by atoms with Crippen LogP contribution in [-0.2, 0) is 0 Å². The summed E-state index contributed by atoms with van der Waals surface area (Å²) in [4.78, 5) is 12.5. The molecule has 7 heteroatoms. The number of hydrogen-bond donors (Lipinski definition) is 1. The van der Waals surface area contributed by atoms with Crippen LogP contribution in [0.5, 0.6) is 11.5 Å². The molecule has 4 rings (SSSR count). The van der Waals surface area contributed by atoms with Gasteiger partial charge in [0, 0.05) is 5.39 Å². The summed E-state index contributed by atoms with van der Waals surface area (Å²) in [5.74, 6) is 0.965. The van der Waals surface area contributed by atoms with Crippen molar-refractivity contribution in [1.29, 1.82) is 0 Å². The number of halogens is 1. The molecule has 0 bridgehead atoms. The molecule has 0 aliphatic carbocycles. The normalized spacial score (nSPS) is 11.3. The van der Waals surface area contributed by atoms with Gasteiger partial charge in [-0.05, 0) is 63.5 Å². The monoisotopic (exact) mass is 466 g/mol. The lowest BCUT2D eigenvalue weighted by Crippen LogP contribution is -2.16. The SMILES string of the molecule is CCOc1cc(/C=N\NC(=O)c2cc3c(ccc4ccccc43)o2)cc(Br)c1OC. The van der Waals surface area contributed by atoms with Gasteiger partial charge in [0.15, 0.2) is 17.3 Å². The Morgan fingerprint density at radius 2 is 2.00 bits per heavy atom. The molecule has 6 nitrogen and oxygen atoms in total. The van der Waals surface area contributed by atoms with E-state index in [0.29, 0.717) is 23.7 Å². The molecule has 1 heterocycles. The highest BCUT2D eigenvalue weighted by molar-refractivity contribution is 9.10. The van der Waals surface area contributed by atoms with E-state index in [1.807, 2.05) is 49.4 Å². The number of fused-ring (bicyclic) bond motifs is 3. The molecule has 1 aromatic heterocycles. The van der Waals surface area contributed by atoms with Gasteiger partial charge in [0.1, 0.15) is 5.58 Å². The zero-order valence-electron chi connectivity index (χ0n) is 16.4. The van der Waals surface area contributed by atoms with Crippen LogP contribution in [0.3, 0.4) is 0 Å². The summed E-state index contributed by atoms with van der Waals surface area (Å²) in [7, 11) is 1.58. The lowest BCUT2D eigenvalue weighted by Gasteiger charge is -2.11. The van der Waals surface area contributed by atoms with E-state index in [0.717, 1.165) is 26.2 Å². The van der Waals surface area contributed by atoms with Crippen LogP contribution < -0.4 is 14.9 Å². The molecule has 152 valence electrons. The Kier molecular flexibility index (Phi) is 5.72. The first-order valence-corrected chi connectivity index (χ1v) is 10.1. The summed E-state index contributed by atoms with van der Waals surface area (Å²) >= 11 is 3.46. The van der Waals surface area contributed by atoms with Crippen LogP contribution in [0.15, 0.2) is 68.6 Å². The first-order valence-electron chi connectivity index (χ1n) is 9.35. The summed E-state index contributed by atoms with van der Waals surface area (Å²) in [6.45, 7) is 2.39. The number of methoxy groups -OCH3 is 1. The van der Waals surface area contributed by atoms with Crippen LogP contribution >= 0.6 is 15.9 Å². The second kappa shape index (κ2) is 8.59. The molecular formula is C23H19BrN2O4. The van der Waals surface area contributed by atoms with E-state index in [9.17, 15) is 4.79 Å². The summed E-state index contributed by atoms with van der Waals surface area (Å²) in [6.07, 6.45) is 1.53. The maximum absolute atomic E-state index is 12.5. The number of furan rings is 1. The van der Waals surface area contributed by atoms with E-state index in [2.05, 4.69) is 26.5 Å². The third-order valence-electron chi connectivity index (χ3n) is 4.57. The number of carbonyl (C=O) groups is 1. The number of carbonyl (C=O) groups excluding carboxylic acids is 1. The van der Waals surface area contributed by atoms with Crippen LogP contribution in [-0.4, -0.2) is 25.8 Å². The van der Waals surface area contributed by atoms with E-state index in [1.54, 1.807) is 19.2 Å². The van der Waals surface area contributed by atoms with Crippen molar-refractivity contribution in [2.24, 2.45) is 5.10 Å². The molecular weight excluding hydrogens is 448 g/mol. The Balaban J connectivity index is 1.55. The summed E-state index contributed by atoms with van der Waals surface area (Å²) in [5.41, 5.74) is 3.90. The van der Waals surface area contributed by atoms with Gasteiger partial charge in [-0.2, -0.15) is 5.10 Å². The summed E-state index contributed by atoms with van der Waals surface area (Å²) in [5, 5.41) is 7.06. The topological polar surface area (TPSA) is 73.1 Å². The molecule has 4 aromatic rings. The molecule has 0 saturated carbocycles. The van der Waals surface area contributed by atoms with Crippen LogP contribution in [0.4, 0.5) is 0 Å². The lowest BCUT2D eigenvalue weighted by atomic mass is 10.1. The van der Waals surface area contributed by atoms with Crippen molar-refractivity contribution in [3.05, 3.63) is 70.4 Å². The zero-order valence-corrected chi connectivity index (χ0v) is 18.0. The number of benzene rings is 3.